The van der Waals surface area contributed by atoms with E-state index < -0.39 is 0 Å². The molecule has 5 rings (SSSR count). The predicted molar refractivity (Wildman–Crippen MR) is 106 cm³/mol. The molecule has 8 heteroatoms. The zero-order chi connectivity index (χ0) is 19.1. The van der Waals surface area contributed by atoms with Crippen molar-refractivity contribution in [2.75, 3.05) is 43.5 Å². The number of piperidine rings is 1. The molecule has 0 atom stereocenters. The summed E-state index contributed by atoms with van der Waals surface area (Å²) in [5.41, 5.74) is 1.67. The number of carbonyl (C=O) groups excluding carboxylic acids is 1. The van der Waals surface area contributed by atoms with Crippen molar-refractivity contribution in [1.82, 2.24) is 19.9 Å². The van der Waals surface area contributed by atoms with E-state index in [0.717, 1.165) is 61.7 Å². The van der Waals surface area contributed by atoms with Crippen LogP contribution in [-0.4, -0.2) is 71.2 Å². The van der Waals surface area contributed by atoms with Crippen LogP contribution in [-0.2, 0) is 9.53 Å². The van der Waals surface area contributed by atoms with Gasteiger partial charge in [-0.05, 0) is 31.7 Å². The SMILES string of the molecule is COC1CN(C(=O)C2CCN(c3nc4cnccc4nc3NC3CC3)CC2)C1. The number of ether oxygens (including phenoxy) is 1. The molecule has 0 aromatic carbocycles. The van der Waals surface area contributed by atoms with Gasteiger partial charge >= 0.3 is 0 Å². The van der Waals surface area contributed by atoms with E-state index in [-0.39, 0.29) is 17.9 Å². The first-order valence-electron chi connectivity index (χ1n) is 10.2. The second kappa shape index (κ2) is 7.16. The van der Waals surface area contributed by atoms with Gasteiger partial charge < -0.3 is 19.9 Å². The van der Waals surface area contributed by atoms with Crippen molar-refractivity contribution >= 4 is 28.6 Å². The van der Waals surface area contributed by atoms with Crippen molar-refractivity contribution < 1.29 is 9.53 Å². The summed E-state index contributed by atoms with van der Waals surface area (Å²) in [4.78, 5) is 30.7. The molecule has 3 fully saturated rings. The Morgan fingerprint density at radius 1 is 1.14 bits per heavy atom. The van der Waals surface area contributed by atoms with E-state index in [2.05, 4.69) is 15.2 Å². The van der Waals surface area contributed by atoms with E-state index in [1.807, 2.05) is 11.0 Å². The Hall–Kier alpha value is -2.48. The van der Waals surface area contributed by atoms with Gasteiger partial charge in [-0.25, -0.2) is 9.97 Å². The quantitative estimate of drug-likeness (QED) is 0.842. The molecule has 2 aromatic rings. The topological polar surface area (TPSA) is 83.5 Å². The van der Waals surface area contributed by atoms with Crippen LogP contribution in [0.3, 0.4) is 0 Å². The maximum atomic E-state index is 12.7. The fraction of sp³-hybridized carbons (Fsp3) is 0.600. The monoisotopic (exact) mass is 382 g/mol. The lowest BCUT2D eigenvalue weighted by atomic mass is 9.93. The molecule has 3 aliphatic rings. The van der Waals surface area contributed by atoms with Crippen LogP contribution in [0.25, 0.3) is 11.0 Å². The maximum Gasteiger partial charge on any atom is 0.225 e. The minimum Gasteiger partial charge on any atom is -0.378 e. The molecule has 0 radical (unpaired) electrons. The Morgan fingerprint density at radius 2 is 1.93 bits per heavy atom. The zero-order valence-corrected chi connectivity index (χ0v) is 16.2. The van der Waals surface area contributed by atoms with Crippen molar-refractivity contribution in [3.63, 3.8) is 0 Å². The summed E-state index contributed by atoms with van der Waals surface area (Å²) in [7, 11) is 1.71. The molecule has 2 aliphatic heterocycles. The van der Waals surface area contributed by atoms with Crippen LogP contribution < -0.4 is 10.2 Å². The molecule has 1 aliphatic carbocycles. The van der Waals surface area contributed by atoms with Crippen molar-refractivity contribution in [3.05, 3.63) is 18.5 Å². The summed E-state index contributed by atoms with van der Waals surface area (Å²) in [5, 5.41) is 3.53. The number of anilines is 2. The van der Waals surface area contributed by atoms with Crippen molar-refractivity contribution in [2.45, 2.75) is 37.8 Å². The number of carbonyl (C=O) groups is 1. The van der Waals surface area contributed by atoms with Gasteiger partial charge in [-0.3, -0.25) is 9.78 Å². The van der Waals surface area contributed by atoms with Gasteiger partial charge in [-0.1, -0.05) is 0 Å². The number of pyridine rings is 1. The number of amides is 1. The van der Waals surface area contributed by atoms with Crippen LogP contribution in [0.4, 0.5) is 11.6 Å². The Morgan fingerprint density at radius 3 is 2.64 bits per heavy atom. The summed E-state index contributed by atoms with van der Waals surface area (Å²) in [5.74, 6) is 2.13. The van der Waals surface area contributed by atoms with Gasteiger partial charge in [0.15, 0.2) is 11.6 Å². The highest BCUT2D eigenvalue weighted by Gasteiger charge is 2.36. The van der Waals surface area contributed by atoms with E-state index >= 15 is 0 Å². The molecule has 1 N–H and O–H groups in total. The first-order valence-corrected chi connectivity index (χ1v) is 10.2. The Kier molecular flexibility index (Phi) is 4.50. The number of fused-ring (bicyclic) bond motifs is 1. The molecule has 2 saturated heterocycles. The first kappa shape index (κ1) is 17.6. The second-order valence-electron chi connectivity index (χ2n) is 8.04. The Bertz CT molecular complexity index is 872. The fourth-order valence-corrected chi connectivity index (χ4v) is 4.00. The van der Waals surface area contributed by atoms with Crippen LogP contribution in [0.15, 0.2) is 18.5 Å². The zero-order valence-electron chi connectivity index (χ0n) is 16.2. The molecule has 0 spiro atoms. The van der Waals surface area contributed by atoms with Gasteiger partial charge in [0.1, 0.15) is 5.52 Å². The van der Waals surface area contributed by atoms with Crippen molar-refractivity contribution in [3.8, 4) is 0 Å². The summed E-state index contributed by atoms with van der Waals surface area (Å²) in [6.07, 6.45) is 7.79. The lowest BCUT2D eigenvalue weighted by molar-refractivity contribution is -0.148. The Balaban J connectivity index is 1.30. The maximum absolute atomic E-state index is 12.7. The highest BCUT2D eigenvalue weighted by Crippen LogP contribution is 2.33. The second-order valence-corrected chi connectivity index (χ2v) is 8.04. The summed E-state index contributed by atoms with van der Waals surface area (Å²) in [6.45, 7) is 3.10. The Labute approximate surface area is 164 Å². The number of hydrogen-bond acceptors (Lipinski definition) is 7. The first-order chi connectivity index (χ1) is 13.7. The van der Waals surface area contributed by atoms with Crippen molar-refractivity contribution in [2.24, 2.45) is 5.92 Å². The third-order valence-electron chi connectivity index (χ3n) is 6.00. The van der Waals surface area contributed by atoms with Crippen LogP contribution >= 0.6 is 0 Å². The van der Waals surface area contributed by atoms with Gasteiger partial charge in [-0.15, -0.1) is 0 Å². The predicted octanol–water partition coefficient (Wildman–Crippen LogP) is 1.67. The minimum absolute atomic E-state index is 0.101. The minimum atomic E-state index is 0.101. The molecule has 0 unspecified atom stereocenters. The van der Waals surface area contributed by atoms with E-state index in [9.17, 15) is 4.79 Å². The summed E-state index contributed by atoms with van der Waals surface area (Å²) < 4.78 is 5.28. The number of aromatic nitrogens is 3. The number of rotatable bonds is 5. The molecular formula is C20H26N6O2. The number of hydrogen-bond donors (Lipinski definition) is 1. The molecule has 1 saturated carbocycles. The van der Waals surface area contributed by atoms with Crippen LogP contribution in [0.2, 0.25) is 0 Å². The largest absolute Gasteiger partial charge is 0.378 e. The lowest BCUT2D eigenvalue weighted by Crippen LogP contribution is -2.57. The van der Waals surface area contributed by atoms with E-state index in [1.165, 1.54) is 12.8 Å². The van der Waals surface area contributed by atoms with Crippen LogP contribution in [0.5, 0.6) is 0 Å². The number of nitrogens with zero attached hydrogens (tertiary/aromatic N) is 5. The number of nitrogens with one attached hydrogen (secondary N) is 1. The molecule has 2 aromatic heterocycles. The molecule has 1 amide bonds. The smallest absolute Gasteiger partial charge is 0.225 e. The van der Waals surface area contributed by atoms with E-state index in [1.54, 1.807) is 19.5 Å². The molecular weight excluding hydrogens is 356 g/mol. The lowest BCUT2D eigenvalue weighted by Gasteiger charge is -2.42. The van der Waals surface area contributed by atoms with Gasteiger partial charge in [-0.2, -0.15) is 0 Å². The number of methoxy groups -OCH3 is 1. The summed E-state index contributed by atoms with van der Waals surface area (Å²) in [6, 6.07) is 2.40. The molecule has 4 heterocycles. The van der Waals surface area contributed by atoms with E-state index in [4.69, 9.17) is 14.7 Å². The van der Waals surface area contributed by atoms with Crippen molar-refractivity contribution in [1.29, 1.82) is 0 Å². The third kappa shape index (κ3) is 3.37. The average molecular weight is 382 g/mol. The molecule has 0 bridgehead atoms. The summed E-state index contributed by atoms with van der Waals surface area (Å²) >= 11 is 0. The van der Waals surface area contributed by atoms with Gasteiger partial charge in [0, 0.05) is 51.4 Å². The molecule has 28 heavy (non-hydrogen) atoms. The molecule has 148 valence electrons. The fourth-order valence-electron chi connectivity index (χ4n) is 4.00. The standard InChI is InChI=1S/C20H26N6O2/c1-28-15-11-26(12-15)20(27)13-5-8-25(9-6-13)19-18(22-14-2-3-14)23-16-4-7-21-10-17(16)24-19/h4,7,10,13-15H,2-3,5-6,8-9,11-12H2,1H3,(H,22,23). The normalized spacial score (nSPS) is 21.0. The number of likely N-dealkylation sites (tertiary alicyclic amines) is 1. The van der Waals surface area contributed by atoms with Crippen LogP contribution in [0, 0.1) is 5.92 Å². The van der Waals surface area contributed by atoms with Crippen LogP contribution in [0.1, 0.15) is 25.7 Å². The third-order valence-corrected chi connectivity index (χ3v) is 6.00. The average Bonchev–Trinajstić information content (AvgIpc) is 3.51. The molecule has 8 nitrogen and oxygen atoms in total. The van der Waals surface area contributed by atoms with Gasteiger partial charge in [0.2, 0.25) is 5.91 Å². The highest BCUT2D eigenvalue weighted by atomic mass is 16.5. The van der Waals surface area contributed by atoms with Gasteiger partial charge in [0.05, 0.1) is 17.8 Å². The van der Waals surface area contributed by atoms with E-state index in [0.29, 0.717) is 6.04 Å². The van der Waals surface area contributed by atoms with Gasteiger partial charge in [0.25, 0.3) is 0 Å². The highest BCUT2D eigenvalue weighted by molar-refractivity contribution is 5.81.